The van der Waals surface area contributed by atoms with Crippen LogP contribution in [0.5, 0.6) is 0 Å². The number of rotatable bonds is 4. The Morgan fingerprint density at radius 2 is 1.85 bits per heavy atom. The van der Waals surface area contributed by atoms with Gasteiger partial charge in [0.15, 0.2) is 0 Å². The highest BCUT2D eigenvalue weighted by atomic mass is 35.5. The molecule has 0 amide bonds. The van der Waals surface area contributed by atoms with Gasteiger partial charge >= 0.3 is 0 Å². The van der Waals surface area contributed by atoms with Crippen LogP contribution in [0.15, 0.2) is 30.7 Å². The Kier molecular flexibility index (Phi) is 5.88. The monoisotopic (exact) mass is 426 g/mol. The average molecular weight is 428 g/mol. The number of nitrogens with one attached hydrogen (secondary N) is 2. The first-order chi connectivity index (χ1) is 13.0. The van der Waals surface area contributed by atoms with Crippen molar-refractivity contribution in [3.05, 3.63) is 57.0 Å². The first-order valence-electron chi connectivity index (χ1n) is 9.09. The second-order valence-corrected chi connectivity index (χ2v) is 8.38. The van der Waals surface area contributed by atoms with Crippen molar-refractivity contribution in [2.24, 2.45) is 5.92 Å². The van der Waals surface area contributed by atoms with Crippen molar-refractivity contribution in [2.75, 3.05) is 0 Å². The maximum Gasteiger partial charge on any atom is 0.129 e. The molecule has 2 fully saturated rings. The molecule has 0 spiro atoms. The van der Waals surface area contributed by atoms with Gasteiger partial charge in [-0.2, -0.15) is 0 Å². The van der Waals surface area contributed by atoms with Crippen LogP contribution in [0.25, 0.3) is 0 Å². The standard InChI is InChI=1S/C19H21Cl3N4O/c1-10(18-14(20)8-23-9-15(18)21)27-12-3-4-16-13(6-12)19(26-25-16)11-2-5-17(22)24-7-11/h2,5,7-10,12-13,16,19,25-26H,3-4,6H2,1H3/t10-,12?,13?,16?,19?/m1/s1. The molecule has 1 aliphatic carbocycles. The topological polar surface area (TPSA) is 59.1 Å². The van der Waals surface area contributed by atoms with Crippen LogP contribution in [-0.2, 0) is 4.74 Å². The maximum absolute atomic E-state index is 6.36. The summed E-state index contributed by atoms with van der Waals surface area (Å²) in [6, 6.07) is 4.47. The minimum Gasteiger partial charge on any atom is -0.370 e. The summed E-state index contributed by atoms with van der Waals surface area (Å²) in [7, 11) is 0. The van der Waals surface area contributed by atoms with E-state index in [1.165, 1.54) is 0 Å². The first kappa shape index (κ1) is 19.4. The Morgan fingerprint density at radius 1 is 1.07 bits per heavy atom. The average Bonchev–Trinajstić information content (AvgIpc) is 3.05. The van der Waals surface area contributed by atoms with Gasteiger partial charge in [0.25, 0.3) is 0 Å². The zero-order valence-corrected chi connectivity index (χ0v) is 17.1. The fourth-order valence-corrected chi connectivity index (χ4v) is 4.99. The van der Waals surface area contributed by atoms with Crippen molar-refractivity contribution >= 4 is 34.8 Å². The van der Waals surface area contributed by atoms with Crippen molar-refractivity contribution in [2.45, 2.75) is 50.5 Å². The maximum atomic E-state index is 6.36. The van der Waals surface area contributed by atoms with Gasteiger partial charge in [-0.15, -0.1) is 0 Å². The molecule has 5 nitrogen and oxygen atoms in total. The van der Waals surface area contributed by atoms with E-state index in [0.29, 0.717) is 27.2 Å². The van der Waals surface area contributed by atoms with Gasteiger partial charge in [0.2, 0.25) is 0 Å². The smallest absolute Gasteiger partial charge is 0.129 e. The molecular weight excluding hydrogens is 407 g/mol. The van der Waals surface area contributed by atoms with E-state index in [1.807, 2.05) is 25.3 Å². The summed E-state index contributed by atoms with van der Waals surface area (Å²) in [5.41, 5.74) is 8.78. The van der Waals surface area contributed by atoms with Crippen LogP contribution in [-0.4, -0.2) is 22.1 Å². The number of hydrazine groups is 1. The van der Waals surface area contributed by atoms with Gasteiger partial charge in [-0.05, 0) is 43.7 Å². The van der Waals surface area contributed by atoms with E-state index >= 15 is 0 Å². The lowest BCUT2D eigenvalue weighted by atomic mass is 9.78. The van der Waals surface area contributed by atoms with Crippen LogP contribution in [0.4, 0.5) is 0 Å². The van der Waals surface area contributed by atoms with E-state index in [2.05, 4.69) is 20.8 Å². The van der Waals surface area contributed by atoms with Crippen LogP contribution >= 0.6 is 34.8 Å². The molecule has 8 heteroatoms. The van der Waals surface area contributed by atoms with E-state index in [0.717, 1.165) is 30.4 Å². The molecule has 2 aromatic rings. The Hall–Kier alpha value is -0.950. The molecule has 2 aliphatic rings. The van der Waals surface area contributed by atoms with Gasteiger partial charge in [-0.1, -0.05) is 40.9 Å². The molecule has 0 radical (unpaired) electrons. The summed E-state index contributed by atoms with van der Waals surface area (Å²) in [6.45, 7) is 1.99. The molecule has 3 heterocycles. The van der Waals surface area contributed by atoms with Gasteiger partial charge in [-0.3, -0.25) is 10.4 Å². The highest BCUT2D eigenvalue weighted by Gasteiger charge is 2.41. The van der Waals surface area contributed by atoms with Crippen LogP contribution in [0, 0.1) is 5.92 Å². The van der Waals surface area contributed by atoms with Gasteiger partial charge in [0.05, 0.1) is 28.3 Å². The second-order valence-electron chi connectivity index (χ2n) is 7.18. The number of fused-ring (bicyclic) bond motifs is 1. The van der Waals surface area contributed by atoms with Crippen LogP contribution < -0.4 is 10.9 Å². The molecule has 0 bridgehead atoms. The molecule has 1 aliphatic heterocycles. The van der Waals surface area contributed by atoms with E-state index < -0.39 is 0 Å². The second kappa shape index (κ2) is 8.19. The Bertz CT molecular complexity index is 784. The van der Waals surface area contributed by atoms with Gasteiger partial charge < -0.3 is 4.74 Å². The Labute approximate surface area is 173 Å². The SMILES string of the molecule is C[C@@H](OC1CCC2NNC(c3ccc(Cl)nc3)C2C1)c1c(Cl)cncc1Cl. The Balaban J connectivity index is 1.46. The third-order valence-electron chi connectivity index (χ3n) is 5.51. The molecule has 2 aromatic heterocycles. The molecule has 27 heavy (non-hydrogen) atoms. The van der Waals surface area contributed by atoms with Gasteiger partial charge in [-0.25, -0.2) is 10.4 Å². The lowest BCUT2D eigenvalue weighted by Crippen LogP contribution is -2.37. The van der Waals surface area contributed by atoms with Crippen molar-refractivity contribution in [3.8, 4) is 0 Å². The van der Waals surface area contributed by atoms with Crippen molar-refractivity contribution < 1.29 is 4.74 Å². The summed E-state index contributed by atoms with van der Waals surface area (Å²) in [6.07, 6.45) is 7.99. The van der Waals surface area contributed by atoms with Crippen molar-refractivity contribution in [1.82, 2.24) is 20.8 Å². The molecule has 2 N–H and O–H groups in total. The van der Waals surface area contributed by atoms with Crippen LogP contribution in [0.3, 0.4) is 0 Å². The lowest BCUT2D eigenvalue weighted by Gasteiger charge is -2.34. The number of hydrogen-bond acceptors (Lipinski definition) is 5. The Morgan fingerprint density at radius 3 is 2.56 bits per heavy atom. The summed E-state index contributed by atoms with van der Waals surface area (Å²) >= 11 is 18.5. The van der Waals surface area contributed by atoms with E-state index in [-0.39, 0.29) is 18.2 Å². The predicted molar refractivity (Wildman–Crippen MR) is 107 cm³/mol. The molecule has 5 atom stereocenters. The highest BCUT2D eigenvalue weighted by molar-refractivity contribution is 6.35. The minimum atomic E-state index is -0.187. The molecule has 1 saturated carbocycles. The number of nitrogens with zero attached hydrogens (tertiary/aromatic N) is 2. The van der Waals surface area contributed by atoms with Crippen molar-refractivity contribution in [3.63, 3.8) is 0 Å². The quantitative estimate of drug-likeness (QED) is 0.680. The lowest BCUT2D eigenvalue weighted by molar-refractivity contribution is -0.0370. The van der Waals surface area contributed by atoms with E-state index in [1.54, 1.807) is 12.4 Å². The van der Waals surface area contributed by atoms with Gasteiger partial charge in [0, 0.05) is 30.2 Å². The summed E-state index contributed by atoms with van der Waals surface area (Å²) < 4.78 is 6.36. The summed E-state index contributed by atoms with van der Waals surface area (Å²) in [4.78, 5) is 8.23. The molecule has 144 valence electrons. The minimum absolute atomic E-state index is 0.144. The zero-order chi connectivity index (χ0) is 19.0. The highest BCUT2D eigenvalue weighted by Crippen LogP contribution is 2.41. The van der Waals surface area contributed by atoms with Gasteiger partial charge in [0.1, 0.15) is 5.15 Å². The largest absolute Gasteiger partial charge is 0.370 e. The third kappa shape index (κ3) is 4.09. The third-order valence-corrected chi connectivity index (χ3v) is 6.33. The fraction of sp³-hybridized carbons (Fsp3) is 0.474. The fourth-order valence-electron chi connectivity index (χ4n) is 4.21. The summed E-state index contributed by atoms with van der Waals surface area (Å²) in [5.74, 6) is 0.419. The normalized spacial score (nSPS) is 28.7. The molecule has 0 aromatic carbocycles. The molecule has 1 saturated heterocycles. The van der Waals surface area contributed by atoms with E-state index in [4.69, 9.17) is 39.5 Å². The zero-order valence-electron chi connectivity index (χ0n) is 14.8. The molecule has 4 unspecified atom stereocenters. The van der Waals surface area contributed by atoms with Crippen LogP contribution in [0.1, 0.15) is 49.5 Å². The number of pyridine rings is 2. The number of aromatic nitrogens is 2. The molecular formula is C19H21Cl3N4O. The first-order valence-corrected chi connectivity index (χ1v) is 10.2. The molecule has 4 rings (SSSR count). The van der Waals surface area contributed by atoms with Crippen LogP contribution in [0.2, 0.25) is 15.2 Å². The van der Waals surface area contributed by atoms with E-state index in [9.17, 15) is 0 Å². The number of hydrogen-bond donors (Lipinski definition) is 2. The van der Waals surface area contributed by atoms with Crippen molar-refractivity contribution in [1.29, 1.82) is 0 Å². The predicted octanol–water partition coefficient (Wildman–Crippen LogP) is 4.90. The number of ether oxygens (including phenoxy) is 1. The summed E-state index contributed by atoms with van der Waals surface area (Å²) in [5, 5.41) is 1.59. The number of halogens is 3.